The molecule has 6 heteroatoms. The van der Waals surface area contributed by atoms with E-state index >= 15 is 0 Å². The van der Waals surface area contributed by atoms with Crippen LogP contribution in [0.5, 0.6) is 11.5 Å². The first kappa shape index (κ1) is 18.8. The molecular weight excluding hydrogens is 356 g/mol. The summed E-state index contributed by atoms with van der Waals surface area (Å²) < 4.78 is 16.4. The molecule has 0 atom stereocenters. The number of amides is 1. The summed E-state index contributed by atoms with van der Waals surface area (Å²) in [6.07, 6.45) is 5.66. The van der Waals surface area contributed by atoms with E-state index in [0.29, 0.717) is 23.6 Å². The van der Waals surface area contributed by atoms with Gasteiger partial charge in [0.15, 0.2) is 17.3 Å². The molecule has 0 bridgehead atoms. The third-order valence-corrected chi connectivity index (χ3v) is 6.02. The van der Waals surface area contributed by atoms with E-state index in [1.165, 1.54) is 12.0 Å². The lowest BCUT2D eigenvalue weighted by Gasteiger charge is -2.38. The number of hydrogen-bond acceptors (Lipinski definition) is 5. The monoisotopic (exact) mass is 384 g/mol. The van der Waals surface area contributed by atoms with Crippen LogP contribution in [0.3, 0.4) is 0 Å². The Morgan fingerprint density at radius 1 is 1.18 bits per heavy atom. The summed E-state index contributed by atoms with van der Waals surface area (Å²) in [6.45, 7) is 6.69. The number of fused-ring (bicyclic) bond motifs is 1. The Morgan fingerprint density at radius 3 is 2.68 bits per heavy atom. The number of rotatable bonds is 5. The number of aryl methyl sites for hydroxylation is 1. The first-order valence-corrected chi connectivity index (χ1v) is 10.1. The molecule has 1 amide bonds. The fourth-order valence-corrected chi connectivity index (χ4v) is 4.42. The minimum Gasteiger partial charge on any atom is -0.454 e. The van der Waals surface area contributed by atoms with Crippen LogP contribution in [0.4, 0.5) is 0 Å². The van der Waals surface area contributed by atoms with Gasteiger partial charge in [-0.15, -0.1) is 0 Å². The smallest absolute Gasteiger partial charge is 0.256 e. The van der Waals surface area contributed by atoms with Gasteiger partial charge in [-0.05, 0) is 37.5 Å². The zero-order valence-electron chi connectivity index (χ0n) is 16.8. The molecule has 2 aromatic rings. The number of ether oxygens (including phenoxy) is 2. The summed E-state index contributed by atoms with van der Waals surface area (Å²) in [5.74, 6) is 2.24. The fraction of sp³-hybridized carbons (Fsp3) is 0.545. The highest BCUT2D eigenvalue weighted by Crippen LogP contribution is 2.43. The van der Waals surface area contributed by atoms with Crippen molar-refractivity contribution in [2.45, 2.75) is 64.2 Å². The molecule has 1 aromatic carbocycles. The third kappa shape index (κ3) is 3.36. The Kier molecular flexibility index (Phi) is 5.04. The van der Waals surface area contributed by atoms with Gasteiger partial charge >= 0.3 is 0 Å². The number of nitrogens with zero attached hydrogens (tertiary/aromatic N) is 1. The second-order valence-electron chi connectivity index (χ2n) is 8.25. The van der Waals surface area contributed by atoms with Gasteiger partial charge in [-0.3, -0.25) is 4.79 Å². The SMILES string of the molecule is Cc1noc(C(C)C)c1C(=O)NCC1(c2ccc3c(c2)OCO3)CCCCC1. The van der Waals surface area contributed by atoms with Crippen molar-refractivity contribution in [1.29, 1.82) is 0 Å². The van der Waals surface area contributed by atoms with E-state index in [2.05, 4.69) is 22.6 Å². The van der Waals surface area contributed by atoms with Gasteiger partial charge in [-0.25, -0.2) is 0 Å². The van der Waals surface area contributed by atoms with E-state index in [4.69, 9.17) is 14.0 Å². The van der Waals surface area contributed by atoms with Crippen LogP contribution in [0, 0.1) is 6.92 Å². The zero-order chi connectivity index (χ0) is 19.7. The summed E-state index contributed by atoms with van der Waals surface area (Å²) in [5.41, 5.74) is 2.34. The molecule has 1 aromatic heterocycles. The largest absolute Gasteiger partial charge is 0.454 e. The van der Waals surface area contributed by atoms with Crippen LogP contribution in [0.2, 0.25) is 0 Å². The van der Waals surface area contributed by atoms with Crippen molar-refractivity contribution < 1.29 is 18.8 Å². The van der Waals surface area contributed by atoms with Crippen LogP contribution >= 0.6 is 0 Å². The van der Waals surface area contributed by atoms with Crippen LogP contribution in [0.25, 0.3) is 0 Å². The van der Waals surface area contributed by atoms with Crippen molar-refractivity contribution in [2.75, 3.05) is 13.3 Å². The summed E-state index contributed by atoms with van der Waals surface area (Å²) >= 11 is 0. The molecule has 1 fully saturated rings. The lowest BCUT2D eigenvalue weighted by atomic mass is 9.69. The Balaban J connectivity index is 1.58. The molecule has 0 radical (unpaired) electrons. The van der Waals surface area contributed by atoms with Crippen molar-refractivity contribution >= 4 is 5.91 Å². The van der Waals surface area contributed by atoms with Gasteiger partial charge in [-0.2, -0.15) is 0 Å². The van der Waals surface area contributed by atoms with Crippen LogP contribution in [0.1, 0.15) is 79.2 Å². The van der Waals surface area contributed by atoms with Gasteiger partial charge in [0.1, 0.15) is 5.56 Å². The number of aromatic nitrogens is 1. The first-order chi connectivity index (χ1) is 13.5. The molecule has 0 unspecified atom stereocenters. The van der Waals surface area contributed by atoms with Crippen molar-refractivity contribution in [3.63, 3.8) is 0 Å². The molecule has 1 aliphatic carbocycles. The predicted octanol–water partition coefficient (Wildman–Crippen LogP) is 4.47. The van der Waals surface area contributed by atoms with Crippen LogP contribution in [-0.2, 0) is 5.41 Å². The summed E-state index contributed by atoms with van der Waals surface area (Å²) in [6, 6.07) is 6.19. The average molecular weight is 384 g/mol. The lowest BCUT2D eigenvalue weighted by Crippen LogP contribution is -2.42. The van der Waals surface area contributed by atoms with Gasteiger partial charge in [0, 0.05) is 17.9 Å². The molecule has 4 rings (SSSR count). The van der Waals surface area contributed by atoms with E-state index in [1.54, 1.807) is 0 Å². The molecule has 28 heavy (non-hydrogen) atoms. The topological polar surface area (TPSA) is 73.6 Å². The van der Waals surface area contributed by atoms with Crippen molar-refractivity contribution in [2.24, 2.45) is 0 Å². The fourth-order valence-electron chi connectivity index (χ4n) is 4.42. The Hall–Kier alpha value is -2.50. The van der Waals surface area contributed by atoms with Crippen LogP contribution in [-0.4, -0.2) is 24.4 Å². The summed E-state index contributed by atoms with van der Waals surface area (Å²) in [4.78, 5) is 13.0. The first-order valence-electron chi connectivity index (χ1n) is 10.1. The second kappa shape index (κ2) is 7.49. The molecule has 2 heterocycles. The number of carbonyl (C=O) groups excluding carboxylic acids is 1. The van der Waals surface area contributed by atoms with E-state index in [1.807, 2.05) is 26.8 Å². The maximum absolute atomic E-state index is 13.0. The van der Waals surface area contributed by atoms with Gasteiger partial charge in [0.2, 0.25) is 6.79 Å². The van der Waals surface area contributed by atoms with Gasteiger partial charge in [-0.1, -0.05) is 44.3 Å². The maximum atomic E-state index is 13.0. The van der Waals surface area contributed by atoms with Crippen molar-refractivity contribution in [3.05, 3.63) is 40.8 Å². The van der Waals surface area contributed by atoms with Gasteiger partial charge in [0.05, 0.1) is 5.69 Å². The van der Waals surface area contributed by atoms with Crippen LogP contribution < -0.4 is 14.8 Å². The van der Waals surface area contributed by atoms with E-state index in [9.17, 15) is 4.79 Å². The van der Waals surface area contributed by atoms with E-state index in [-0.39, 0.29) is 24.0 Å². The van der Waals surface area contributed by atoms with Gasteiger partial charge < -0.3 is 19.3 Å². The standard InChI is InChI=1S/C22H28N2O4/c1-14(2)20-19(15(3)24-28-20)21(25)23-12-22(9-5-4-6-10-22)16-7-8-17-18(11-16)27-13-26-17/h7-8,11,14H,4-6,9-10,12-13H2,1-3H3,(H,23,25). The number of carbonyl (C=O) groups is 1. The maximum Gasteiger partial charge on any atom is 0.256 e. The molecule has 1 aliphatic heterocycles. The highest BCUT2D eigenvalue weighted by atomic mass is 16.7. The quantitative estimate of drug-likeness (QED) is 0.823. The second-order valence-corrected chi connectivity index (χ2v) is 8.25. The Labute approximate surface area is 165 Å². The summed E-state index contributed by atoms with van der Waals surface area (Å²) in [5, 5.41) is 7.19. The number of hydrogen-bond donors (Lipinski definition) is 1. The van der Waals surface area contributed by atoms with Crippen molar-refractivity contribution in [1.82, 2.24) is 10.5 Å². The Morgan fingerprint density at radius 2 is 1.93 bits per heavy atom. The highest BCUT2D eigenvalue weighted by Gasteiger charge is 2.36. The molecule has 1 saturated carbocycles. The number of benzene rings is 1. The molecular formula is C22H28N2O4. The van der Waals surface area contributed by atoms with Gasteiger partial charge in [0.25, 0.3) is 5.91 Å². The molecule has 0 saturated heterocycles. The minimum absolute atomic E-state index is 0.0854. The third-order valence-electron chi connectivity index (χ3n) is 6.02. The predicted molar refractivity (Wildman–Crippen MR) is 105 cm³/mol. The van der Waals surface area contributed by atoms with E-state index < -0.39 is 0 Å². The molecule has 150 valence electrons. The molecule has 2 aliphatic rings. The minimum atomic E-state index is -0.104. The van der Waals surface area contributed by atoms with E-state index in [0.717, 1.165) is 37.2 Å². The van der Waals surface area contributed by atoms with Crippen molar-refractivity contribution in [3.8, 4) is 11.5 Å². The molecule has 6 nitrogen and oxygen atoms in total. The van der Waals surface area contributed by atoms with Crippen LogP contribution in [0.15, 0.2) is 22.7 Å². The normalized spacial score (nSPS) is 17.7. The number of nitrogens with one attached hydrogen (secondary N) is 1. The molecule has 1 N–H and O–H groups in total. The highest BCUT2D eigenvalue weighted by molar-refractivity contribution is 5.96. The Bertz CT molecular complexity index is 865. The lowest BCUT2D eigenvalue weighted by molar-refractivity contribution is 0.0933. The zero-order valence-corrected chi connectivity index (χ0v) is 16.8. The molecule has 0 spiro atoms. The summed E-state index contributed by atoms with van der Waals surface area (Å²) in [7, 11) is 0. The average Bonchev–Trinajstić information content (AvgIpc) is 3.32.